The molecule has 5 nitrogen and oxygen atoms in total. The normalized spacial score (nSPS) is 13.1. The minimum absolute atomic E-state index is 0.124. The number of carboxylic acids is 1. The van der Waals surface area contributed by atoms with E-state index in [2.05, 4.69) is 10.3 Å². The molecule has 0 spiro atoms. The van der Waals surface area contributed by atoms with Gasteiger partial charge in [0.2, 0.25) is 0 Å². The second-order valence-electron chi connectivity index (χ2n) is 4.63. The summed E-state index contributed by atoms with van der Waals surface area (Å²) in [6.45, 7) is 1.51. The van der Waals surface area contributed by atoms with Crippen molar-refractivity contribution in [3.63, 3.8) is 0 Å². The third-order valence-electron chi connectivity index (χ3n) is 2.97. The van der Waals surface area contributed by atoms with Crippen molar-refractivity contribution < 1.29 is 23.1 Å². The first-order valence-electron chi connectivity index (χ1n) is 6.09. The summed E-state index contributed by atoms with van der Waals surface area (Å²) < 4.78 is 39.3. The third kappa shape index (κ3) is 3.39. The molecule has 0 fully saturated rings. The van der Waals surface area contributed by atoms with Crippen LogP contribution in [0.4, 0.5) is 13.2 Å². The Morgan fingerprint density at radius 3 is 2.76 bits per heavy atom. The van der Waals surface area contributed by atoms with E-state index in [0.29, 0.717) is 5.69 Å². The fraction of sp³-hybridized carbons (Fsp3) is 0.308. The van der Waals surface area contributed by atoms with Gasteiger partial charge in [-0.3, -0.25) is 4.79 Å². The summed E-state index contributed by atoms with van der Waals surface area (Å²) in [4.78, 5) is 10.9. The molecular formula is C13H12F3N3O2. The first-order valence-corrected chi connectivity index (χ1v) is 6.09. The van der Waals surface area contributed by atoms with E-state index in [9.17, 15) is 18.0 Å². The molecule has 1 N–H and O–H groups in total. The van der Waals surface area contributed by atoms with E-state index >= 15 is 0 Å². The Labute approximate surface area is 118 Å². The number of rotatable bonds is 4. The van der Waals surface area contributed by atoms with Gasteiger partial charge in [-0.1, -0.05) is 18.2 Å². The third-order valence-corrected chi connectivity index (χ3v) is 2.97. The number of benzene rings is 1. The van der Waals surface area contributed by atoms with Gasteiger partial charge in [-0.2, -0.15) is 13.2 Å². The molecule has 112 valence electrons. The molecule has 0 aliphatic rings. The van der Waals surface area contributed by atoms with Crippen LogP contribution in [-0.2, 0) is 17.4 Å². The standard InChI is InChI=1S/C13H12F3N3O2/c1-8(12(20)21)5-11-7-17-18-19(11)10-4-2-3-9(6-10)13(14,15)16/h2-4,6-8H,5H2,1H3,(H,20,21). The van der Waals surface area contributed by atoms with Crippen LogP contribution in [-0.4, -0.2) is 26.1 Å². The zero-order valence-corrected chi connectivity index (χ0v) is 11.0. The van der Waals surface area contributed by atoms with Crippen LogP contribution in [0.1, 0.15) is 18.2 Å². The Bertz CT molecular complexity index is 652. The summed E-state index contributed by atoms with van der Waals surface area (Å²) in [6.07, 6.45) is -2.98. The second kappa shape index (κ2) is 5.55. The van der Waals surface area contributed by atoms with Crippen LogP contribution >= 0.6 is 0 Å². The molecule has 0 saturated carbocycles. The quantitative estimate of drug-likeness (QED) is 0.942. The smallest absolute Gasteiger partial charge is 0.416 e. The maximum Gasteiger partial charge on any atom is 0.416 e. The largest absolute Gasteiger partial charge is 0.481 e. The van der Waals surface area contributed by atoms with Crippen molar-refractivity contribution in [1.29, 1.82) is 0 Å². The molecule has 2 aromatic rings. The Hall–Kier alpha value is -2.38. The van der Waals surface area contributed by atoms with Gasteiger partial charge in [0.05, 0.1) is 29.1 Å². The van der Waals surface area contributed by atoms with Crippen molar-refractivity contribution in [2.24, 2.45) is 5.92 Å². The van der Waals surface area contributed by atoms with Crippen LogP contribution in [0.5, 0.6) is 0 Å². The van der Waals surface area contributed by atoms with Crippen LogP contribution in [0.25, 0.3) is 5.69 Å². The minimum Gasteiger partial charge on any atom is -0.481 e. The lowest BCUT2D eigenvalue weighted by atomic mass is 10.1. The average Bonchev–Trinajstić information content (AvgIpc) is 2.86. The molecule has 0 amide bonds. The lowest BCUT2D eigenvalue weighted by molar-refractivity contribution is -0.141. The van der Waals surface area contributed by atoms with Gasteiger partial charge in [0.15, 0.2) is 0 Å². The Kier molecular flexibility index (Phi) is 3.97. The molecule has 21 heavy (non-hydrogen) atoms. The summed E-state index contributed by atoms with van der Waals surface area (Å²) in [5.74, 6) is -1.68. The lowest BCUT2D eigenvalue weighted by Gasteiger charge is -2.11. The zero-order chi connectivity index (χ0) is 15.6. The second-order valence-corrected chi connectivity index (χ2v) is 4.63. The molecule has 2 rings (SSSR count). The molecular weight excluding hydrogens is 287 g/mol. The number of halogens is 3. The first-order chi connectivity index (χ1) is 9.79. The van der Waals surface area contributed by atoms with Gasteiger partial charge in [-0.15, -0.1) is 5.10 Å². The van der Waals surface area contributed by atoms with Crippen molar-refractivity contribution in [2.45, 2.75) is 19.5 Å². The molecule has 1 aromatic heterocycles. The van der Waals surface area contributed by atoms with Crippen LogP contribution in [0, 0.1) is 5.92 Å². The number of aliphatic carboxylic acids is 1. The SMILES string of the molecule is CC(Cc1cnnn1-c1cccc(C(F)(F)F)c1)C(=O)O. The highest BCUT2D eigenvalue weighted by molar-refractivity contribution is 5.69. The highest BCUT2D eigenvalue weighted by Gasteiger charge is 2.30. The molecule has 0 bridgehead atoms. The van der Waals surface area contributed by atoms with E-state index in [4.69, 9.17) is 5.11 Å². The number of aromatic nitrogens is 3. The van der Waals surface area contributed by atoms with Crippen molar-refractivity contribution in [1.82, 2.24) is 15.0 Å². The van der Waals surface area contributed by atoms with E-state index in [1.807, 2.05) is 0 Å². The van der Waals surface area contributed by atoms with Gasteiger partial charge < -0.3 is 5.11 Å². The van der Waals surface area contributed by atoms with Crippen molar-refractivity contribution in [2.75, 3.05) is 0 Å². The summed E-state index contributed by atoms with van der Waals surface area (Å²) in [6, 6.07) is 4.63. The number of alkyl halides is 3. The number of carboxylic acid groups (broad SMARTS) is 1. The Morgan fingerprint density at radius 1 is 1.43 bits per heavy atom. The van der Waals surface area contributed by atoms with Gasteiger partial charge >= 0.3 is 12.1 Å². The van der Waals surface area contributed by atoms with Crippen LogP contribution in [0.15, 0.2) is 30.5 Å². The molecule has 8 heteroatoms. The van der Waals surface area contributed by atoms with Gasteiger partial charge in [-0.05, 0) is 18.2 Å². The van der Waals surface area contributed by atoms with Crippen molar-refractivity contribution in [3.8, 4) is 5.69 Å². The predicted molar refractivity (Wildman–Crippen MR) is 66.9 cm³/mol. The molecule has 1 heterocycles. The van der Waals surface area contributed by atoms with Crippen LogP contribution in [0.2, 0.25) is 0 Å². The van der Waals surface area contributed by atoms with E-state index in [1.165, 1.54) is 29.9 Å². The number of nitrogens with zero attached hydrogens (tertiary/aromatic N) is 3. The number of hydrogen-bond donors (Lipinski definition) is 1. The monoisotopic (exact) mass is 299 g/mol. The highest BCUT2D eigenvalue weighted by atomic mass is 19.4. The predicted octanol–water partition coefficient (Wildman–Crippen LogP) is 2.55. The molecule has 0 saturated heterocycles. The molecule has 1 unspecified atom stereocenters. The van der Waals surface area contributed by atoms with Crippen molar-refractivity contribution in [3.05, 3.63) is 41.7 Å². The van der Waals surface area contributed by atoms with E-state index in [-0.39, 0.29) is 12.1 Å². The minimum atomic E-state index is -4.45. The summed E-state index contributed by atoms with van der Waals surface area (Å²) in [7, 11) is 0. The maximum atomic E-state index is 12.7. The molecule has 0 aliphatic carbocycles. The van der Waals surface area contributed by atoms with Gasteiger partial charge in [0, 0.05) is 6.42 Å². The highest BCUT2D eigenvalue weighted by Crippen LogP contribution is 2.30. The van der Waals surface area contributed by atoms with Gasteiger partial charge in [0.25, 0.3) is 0 Å². The van der Waals surface area contributed by atoms with E-state index in [1.54, 1.807) is 0 Å². The lowest BCUT2D eigenvalue weighted by Crippen LogP contribution is -2.15. The topological polar surface area (TPSA) is 68.0 Å². The Morgan fingerprint density at radius 2 is 2.14 bits per heavy atom. The summed E-state index contributed by atoms with van der Waals surface area (Å²) in [5.41, 5.74) is -0.174. The fourth-order valence-corrected chi connectivity index (χ4v) is 1.83. The average molecular weight is 299 g/mol. The first kappa shape index (κ1) is 15.0. The summed E-state index contributed by atoms with van der Waals surface area (Å²) in [5, 5.41) is 16.3. The van der Waals surface area contributed by atoms with E-state index < -0.39 is 23.6 Å². The van der Waals surface area contributed by atoms with Crippen molar-refractivity contribution >= 4 is 5.97 Å². The molecule has 1 aromatic carbocycles. The van der Waals surface area contributed by atoms with Crippen LogP contribution < -0.4 is 0 Å². The number of carbonyl (C=O) groups is 1. The summed E-state index contributed by atoms with van der Waals surface area (Å²) >= 11 is 0. The maximum absolute atomic E-state index is 12.7. The zero-order valence-electron chi connectivity index (χ0n) is 11.0. The van der Waals surface area contributed by atoms with Gasteiger partial charge in [0.1, 0.15) is 0 Å². The molecule has 1 atom stereocenters. The van der Waals surface area contributed by atoms with E-state index in [0.717, 1.165) is 12.1 Å². The molecule has 0 radical (unpaired) electrons. The van der Waals surface area contributed by atoms with Gasteiger partial charge in [-0.25, -0.2) is 4.68 Å². The fourth-order valence-electron chi connectivity index (χ4n) is 1.83. The van der Waals surface area contributed by atoms with Crippen LogP contribution in [0.3, 0.4) is 0 Å². The Balaban J connectivity index is 2.35. The molecule has 0 aliphatic heterocycles. The number of hydrogen-bond acceptors (Lipinski definition) is 3.